The summed E-state index contributed by atoms with van der Waals surface area (Å²) in [6.45, 7) is 3.08. The van der Waals surface area contributed by atoms with Gasteiger partial charge in [-0.3, -0.25) is 4.79 Å². The van der Waals surface area contributed by atoms with E-state index in [0.29, 0.717) is 11.5 Å². The first-order valence-electron chi connectivity index (χ1n) is 6.69. The molecule has 98 valence electrons. The van der Waals surface area contributed by atoms with Gasteiger partial charge in [-0.15, -0.1) is 0 Å². The van der Waals surface area contributed by atoms with Crippen LogP contribution in [0.25, 0.3) is 0 Å². The van der Waals surface area contributed by atoms with Crippen molar-refractivity contribution in [3.8, 4) is 5.75 Å². The molecule has 1 aliphatic carbocycles. The van der Waals surface area contributed by atoms with Crippen LogP contribution in [-0.2, 0) is 0 Å². The third-order valence-electron chi connectivity index (χ3n) is 3.89. The van der Waals surface area contributed by atoms with Gasteiger partial charge in [-0.1, -0.05) is 26.2 Å². The third-order valence-corrected chi connectivity index (χ3v) is 3.89. The van der Waals surface area contributed by atoms with Crippen LogP contribution in [0.2, 0.25) is 0 Å². The zero-order chi connectivity index (χ0) is 13.0. The summed E-state index contributed by atoms with van der Waals surface area (Å²) in [5, 5.41) is 0. The molecule has 2 rings (SSSR count). The highest BCUT2D eigenvalue weighted by atomic mass is 16.5. The van der Waals surface area contributed by atoms with E-state index in [9.17, 15) is 4.79 Å². The van der Waals surface area contributed by atoms with Crippen LogP contribution in [-0.4, -0.2) is 12.5 Å². The van der Waals surface area contributed by atoms with Gasteiger partial charge in [0.25, 0.3) is 0 Å². The van der Waals surface area contributed by atoms with Gasteiger partial charge in [-0.05, 0) is 42.5 Å². The molecule has 2 atom stereocenters. The van der Waals surface area contributed by atoms with Crippen LogP contribution >= 0.6 is 0 Å². The lowest BCUT2D eigenvalue weighted by Crippen LogP contribution is -2.23. The van der Waals surface area contributed by atoms with E-state index in [2.05, 4.69) is 6.92 Å². The number of ether oxygens (including phenoxy) is 1. The Kier molecular flexibility index (Phi) is 4.24. The lowest BCUT2D eigenvalue weighted by atomic mass is 9.81. The maximum absolute atomic E-state index is 10.9. The van der Waals surface area contributed by atoms with Gasteiger partial charge in [0, 0.05) is 5.56 Å². The fourth-order valence-electron chi connectivity index (χ4n) is 2.56. The van der Waals surface area contributed by atoms with Crippen molar-refractivity contribution in [2.45, 2.75) is 32.6 Å². The molecule has 0 saturated heterocycles. The van der Waals surface area contributed by atoms with E-state index >= 15 is 0 Å². The average molecular weight is 247 g/mol. The van der Waals surface area contributed by atoms with Crippen LogP contribution in [0, 0.1) is 11.8 Å². The predicted octanol–water partition coefficient (Wildman–Crippen LogP) is 2.99. The molecule has 18 heavy (non-hydrogen) atoms. The Labute approximate surface area is 108 Å². The van der Waals surface area contributed by atoms with Gasteiger partial charge < -0.3 is 10.5 Å². The Morgan fingerprint density at radius 2 is 1.94 bits per heavy atom. The van der Waals surface area contributed by atoms with Crippen molar-refractivity contribution in [1.29, 1.82) is 0 Å². The van der Waals surface area contributed by atoms with Gasteiger partial charge in [0.05, 0.1) is 6.61 Å². The van der Waals surface area contributed by atoms with E-state index in [1.54, 1.807) is 12.1 Å². The summed E-state index contributed by atoms with van der Waals surface area (Å²) in [5.74, 6) is 1.83. The van der Waals surface area contributed by atoms with Crippen molar-refractivity contribution in [1.82, 2.24) is 0 Å². The summed E-state index contributed by atoms with van der Waals surface area (Å²) < 4.78 is 5.80. The molecular formula is C15H21NO2. The topological polar surface area (TPSA) is 52.3 Å². The van der Waals surface area contributed by atoms with E-state index in [0.717, 1.165) is 18.3 Å². The van der Waals surface area contributed by atoms with Crippen molar-refractivity contribution in [2.24, 2.45) is 17.6 Å². The Morgan fingerprint density at radius 3 is 2.56 bits per heavy atom. The summed E-state index contributed by atoms with van der Waals surface area (Å²) in [6, 6.07) is 7.05. The second kappa shape index (κ2) is 5.89. The highest BCUT2D eigenvalue weighted by Gasteiger charge is 2.21. The van der Waals surface area contributed by atoms with Gasteiger partial charge in [0.1, 0.15) is 5.75 Å². The number of hydrogen-bond donors (Lipinski definition) is 1. The van der Waals surface area contributed by atoms with E-state index < -0.39 is 5.91 Å². The molecular weight excluding hydrogens is 226 g/mol. The molecule has 2 N–H and O–H groups in total. The van der Waals surface area contributed by atoms with Crippen LogP contribution in [0.4, 0.5) is 0 Å². The van der Waals surface area contributed by atoms with Crippen molar-refractivity contribution in [2.75, 3.05) is 6.61 Å². The second-order valence-corrected chi connectivity index (χ2v) is 5.22. The molecule has 3 nitrogen and oxygen atoms in total. The van der Waals surface area contributed by atoms with Gasteiger partial charge in [0.2, 0.25) is 5.91 Å². The maximum Gasteiger partial charge on any atom is 0.248 e. The fourth-order valence-corrected chi connectivity index (χ4v) is 2.56. The highest BCUT2D eigenvalue weighted by Crippen LogP contribution is 2.30. The minimum atomic E-state index is -0.401. The lowest BCUT2D eigenvalue weighted by molar-refractivity contribution is 0.1000. The Bertz CT molecular complexity index is 399. The van der Waals surface area contributed by atoms with E-state index in [1.165, 1.54) is 25.7 Å². The van der Waals surface area contributed by atoms with Crippen molar-refractivity contribution < 1.29 is 9.53 Å². The molecule has 1 aliphatic rings. The molecule has 1 amide bonds. The van der Waals surface area contributed by atoms with Crippen molar-refractivity contribution in [3.05, 3.63) is 29.8 Å². The van der Waals surface area contributed by atoms with Crippen molar-refractivity contribution >= 4 is 5.91 Å². The first-order valence-corrected chi connectivity index (χ1v) is 6.69. The van der Waals surface area contributed by atoms with Crippen LogP contribution in [0.1, 0.15) is 43.0 Å². The highest BCUT2D eigenvalue weighted by molar-refractivity contribution is 5.92. The number of rotatable bonds is 4. The van der Waals surface area contributed by atoms with Crippen LogP contribution < -0.4 is 10.5 Å². The minimum absolute atomic E-state index is 0.401. The maximum atomic E-state index is 10.9. The standard InChI is InChI=1S/C15H21NO2/c1-11-4-2-3-5-13(11)10-18-14-8-6-12(7-9-14)15(16)17/h6-9,11,13H,2-5,10H2,1H3,(H2,16,17). The SMILES string of the molecule is CC1CCCCC1COc1ccc(C(N)=O)cc1. The minimum Gasteiger partial charge on any atom is -0.493 e. The van der Waals surface area contributed by atoms with Crippen LogP contribution in [0.15, 0.2) is 24.3 Å². The zero-order valence-electron chi connectivity index (χ0n) is 10.9. The Hall–Kier alpha value is -1.51. The van der Waals surface area contributed by atoms with E-state index in [-0.39, 0.29) is 0 Å². The normalized spacial score (nSPS) is 23.6. The van der Waals surface area contributed by atoms with Crippen LogP contribution in [0.3, 0.4) is 0 Å². The Morgan fingerprint density at radius 1 is 1.28 bits per heavy atom. The molecule has 0 radical (unpaired) electrons. The number of carbonyl (C=O) groups excluding carboxylic acids is 1. The first kappa shape index (κ1) is 12.9. The quantitative estimate of drug-likeness (QED) is 0.889. The molecule has 0 heterocycles. The van der Waals surface area contributed by atoms with E-state index in [1.807, 2.05) is 12.1 Å². The van der Waals surface area contributed by atoms with Gasteiger partial charge in [-0.25, -0.2) is 0 Å². The number of amides is 1. The average Bonchev–Trinajstić information content (AvgIpc) is 2.38. The predicted molar refractivity (Wildman–Crippen MR) is 71.6 cm³/mol. The molecule has 0 aliphatic heterocycles. The molecule has 2 unspecified atom stereocenters. The summed E-state index contributed by atoms with van der Waals surface area (Å²) in [5.41, 5.74) is 5.71. The number of benzene rings is 1. The van der Waals surface area contributed by atoms with Crippen LogP contribution in [0.5, 0.6) is 5.75 Å². The Balaban J connectivity index is 1.87. The molecule has 1 aromatic carbocycles. The molecule has 0 spiro atoms. The summed E-state index contributed by atoms with van der Waals surface area (Å²) >= 11 is 0. The number of hydrogen-bond acceptors (Lipinski definition) is 2. The molecule has 1 saturated carbocycles. The summed E-state index contributed by atoms with van der Waals surface area (Å²) in [6.07, 6.45) is 5.25. The van der Waals surface area contributed by atoms with Crippen molar-refractivity contribution in [3.63, 3.8) is 0 Å². The zero-order valence-corrected chi connectivity index (χ0v) is 10.9. The number of nitrogens with two attached hydrogens (primary N) is 1. The second-order valence-electron chi connectivity index (χ2n) is 5.22. The van der Waals surface area contributed by atoms with Gasteiger partial charge >= 0.3 is 0 Å². The number of carbonyl (C=O) groups is 1. The molecule has 0 bridgehead atoms. The molecule has 1 fully saturated rings. The van der Waals surface area contributed by atoms with E-state index in [4.69, 9.17) is 10.5 Å². The first-order chi connectivity index (χ1) is 8.66. The lowest BCUT2D eigenvalue weighted by Gasteiger charge is -2.28. The molecule has 0 aromatic heterocycles. The smallest absolute Gasteiger partial charge is 0.248 e. The number of primary amides is 1. The van der Waals surface area contributed by atoms with Gasteiger partial charge in [-0.2, -0.15) is 0 Å². The monoisotopic (exact) mass is 247 g/mol. The van der Waals surface area contributed by atoms with Gasteiger partial charge in [0.15, 0.2) is 0 Å². The summed E-state index contributed by atoms with van der Waals surface area (Å²) in [4.78, 5) is 10.9. The molecule has 1 aromatic rings. The summed E-state index contributed by atoms with van der Waals surface area (Å²) in [7, 11) is 0. The fraction of sp³-hybridized carbons (Fsp3) is 0.533. The largest absolute Gasteiger partial charge is 0.493 e. The molecule has 3 heteroatoms. The third kappa shape index (κ3) is 3.25.